The van der Waals surface area contributed by atoms with Crippen molar-refractivity contribution < 1.29 is 28.7 Å². The minimum atomic E-state index is -0.730. The first kappa shape index (κ1) is 50.2. The van der Waals surface area contributed by atoms with E-state index in [9.17, 15) is 24.0 Å². The molecule has 2 fully saturated rings. The van der Waals surface area contributed by atoms with Crippen molar-refractivity contribution in [2.75, 3.05) is 61.3 Å². The summed E-state index contributed by atoms with van der Waals surface area (Å²) in [5, 5.41) is 14.5. The lowest BCUT2D eigenvalue weighted by atomic mass is 9.92. The summed E-state index contributed by atoms with van der Waals surface area (Å²) in [5.41, 5.74) is 9.10. The van der Waals surface area contributed by atoms with Crippen LogP contribution >= 0.6 is 11.3 Å². The van der Waals surface area contributed by atoms with Crippen LogP contribution in [0.4, 0.5) is 16.6 Å². The van der Waals surface area contributed by atoms with Crippen molar-refractivity contribution in [2.45, 2.75) is 84.3 Å². The first-order chi connectivity index (χ1) is 35.6. The Morgan fingerprint density at radius 3 is 2.43 bits per heavy atom. The van der Waals surface area contributed by atoms with Crippen LogP contribution in [0.1, 0.15) is 101 Å². The number of carbonyl (C=O) groups is 5. The molecule has 3 aliphatic rings. The van der Waals surface area contributed by atoms with Crippen molar-refractivity contribution in [2.24, 2.45) is 7.05 Å². The number of aromatic nitrogens is 4. The number of nitrogens with zero attached hydrogens (tertiary/aromatic N) is 7. The van der Waals surface area contributed by atoms with Crippen molar-refractivity contribution in [1.29, 1.82) is 0 Å². The zero-order valence-corrected chi connectivity index (χ0v) is 43.4. The van der Waals surface area contributed by atoms with Gasteiger partial charge in [0.05, 0.1) is 33.9 Å². The number of piperazine rings is 1. The summed E-state index contributed by atoms with van der Waals surface area (Å²) in [7, 11) is 1.81. The van der Waals surface area contributed by atoms with Crippen LogP contribution in [-0.2, 0) is 45.6 Å². The fraction of sp³-hybridized carbons (Fsp3) is 0.368. The Labute approximate surface area is 434 Å². The van der Waals surface area contributed by atoms with Gasteiger partial charge in [0.25, 0.3) is 5.91 Å². The van der Waals surface area contributed by atoms with Gasteiger partial charge in [0.15, 0.2) is 10.8 Å². The molecule has 0 bridgehead atoms. The third-order valence-corrected chi connectivity index (χ3v) is 15.3. The fourth-order valence-corrected chi connectivity index (χ4v) is 11.3. The van der Waals surface area contributed by atoms with Crippen molar-refractivity contribution >= 4 is 78.7 Å². The zero-order chi connectivity index (χ0) is 51.7. The molecule has 17 heteroatoms. The Morgan fingerprint density at radius 2 is 1.64 bits per heavy atom. The minimum Gasteiger partial charge on any atom is -0.455 e. The summed E-state index contributed by atoms with van der Waals surface area (Å²) < 4.78 is 8.70. The highest BCUT2D eigenvalue weighted by molar-refractivity contribution is 7.22. The number of nitrogens with one attached hydrogen (secondary N) is 3. The molecule has 3 N–H and O–H groups in total. The van der Waals surface area contributed by atoms with Crippen LogP contribution in [0.5, 0.6) is 0 Å². The van der Waals surface area contributed by atoms with Crippen LogP contribution in [0.2, 0.25) is 0 Å². The number of benzene rings is 4. The van der Waals surface area contributed by atoms with Gasteiger partial charge in [0.2, 0.25) is 17.7 Å². The van der Waals surface area contributed by atoms with Gasteiger partial charge in [-0.2, -0.15) is 5.10 Å². The normalized spacial score (nSPS) is 16.6. The Bertz CT molecular complexity index is 3280. The molecule has 1 atom stereocenters. The number of aryl methyl sites for hydroxylation is 2. The monoisotopic (exact) mass is 1010 g/mol. The number of esters is 1. The van der Waals surface area contributed by atoms with Gasteiger partial charge >= 0.3 is 5.97 Å². The molecule has 74 heavy (non-hydrogen) atoms. The number of hydrogen-bond donors (Lipinski definition) is 3. The van der Waals surface area contributed by atoms with Gasteiger partial charge in [-0.15, -0.1) is 0 Å². The molecular weight excluding hydrogens is 953 g/mol. The van der Waals surface area contributed by atoms with E-state index in [0.29, 0.717) is 60.4 Å². The van der Waals surface area contributed by atoms with E-state index in [4.69, 9.17) is 9.72 Å². The average Bonchev–Trinajstić information content (AvgIpc) is 3.94. The first-order valence-corrected chi connectivity index (χ1v) is 26.4. The molecule has 4 amide bonds. The molecule has 1 unspecified atom stereocenters. The summed E-state index contributed by atoms with van der Waals surface area (Å²) in [6.07, 6.45) is 4.32. The molecule has 0 spiro atoms. The first-order valence-electron chi connectivity index (χ1n) is 25.5. The molecule has 0 aliphatic carbocycles. The van der Waals surface area contributed by atoms with Gasteiger partial charge in [0, 0.05) is 74.9 Å². The number of ether oxygens (including phenoxy) is 1. The SMILES string of the molecule is Cc1c(CCCCN2CCN(CC(=O)Nc3ccc4c(C5CCC(=O)NC5=O)nn(C)c4c3)CC2)cccc1-c1ccc(N2CCc3cccc(C(=O)Nc4nc5ccccc5s4)c3C2)nc1C(=O)OC(C)(C)C. The van der Waals surface area contributed by atoms with Crippen LogP contribution in [0, 0.1) is 6.92 Å². The number of unbranched alkanes of at least 4 members (excludes halogenated alkanes) is 1. The smallest absolute Gasteiger partial charge is 0.358 e. The number of amides is 4. The van der Waals surface area contributed by atoms with Crippen molar-refractivity contribution in [3.8, 4) is 11.1 Å². The summed E-state index contributed by atoms with van der Waals surface area (Å²) in [5.74, 6) is -1.21. The molecule has 10 rings (SSSR count). The van der Waals surface area contributed by atoms with Crippen LogP contribution in [-0.4, -0.2) is 111 Å². The second kappa shape index (κ2) is 21.2. The van der Waals surface area contributed by atoms with E-state index in [1.807, 2.05) is 94.5 Å². The molecule has 16 nitrogen and oxygen atoms in total. The maximum Gasteiger partial charge on any atom is 0.358 e. The molecule has 0 saturated carbocycles. The number of imide groups is 1. The van der Waals surface area contributed by atoms with Gasteiger partial charge in [-0.3, -0.25) is 39.4 Å². The Morgan fingerprint density at radius 1 is 0.838 bits per heavy atom. The number of piperidine rings is 1. The largest absolute Gasteiger partial charge is 0.455 e. The Balaban J connectivity index is 0.741. The molecule has 4 aromatic carbocycles. The Hall–Kier alpha value is -7.34. The lowest BCUT2D eigenvalue weighted by Gasteiger charge is -2.34. The summed E-state index contributed by atoms with van der Waals surface area (Å²) in [6.45, 7) is 13.4. The van der Waals surface area contributed by atoms with Crippen molar-refractivity contribution in [1.82, 2.24) is 34.9 Å². The summed E-state index contributed by atoms with van der Waals surface area (Å²) >= 11 is 1.45. The Kier molecular flexibility index (Phi) is 14.4. The number of pyridine rings is 1. The third-order valence-electron chi connectivity index (χ3n) is 14.3. The van der Waals surface area contributed by atoms with E-state index >= 15 is 0 Å². The number of anilines is 3. The number of thiazole rings is 1. The van der Waals surface area contributed by atoms with Crippen LogP contribution in [0.3, 0.4) is 0 Å². The molecule has 3 aromatic heterocycles. The van der Waals surface area contributed by atoms with Crippen molar-refractivity contribution in [3.63, 3.8) is 0 Å². The predicted molar refractivity (Wildman–Crippen MR) is 289 cm³/mol. The molecule has 382 valence electrons. The zero-order valence-electron chi connectivity index (χ0n) is 42.6. The van der Waals surface area contributed by atoms with Gasteiger partial charge in [-0.05, 0) is 143 Å². The predicted octanol–water partition coefficient (Wildman–Crippen LogP) is 8.42. The highest BCUT2D eigenvalue weighted by Crippen LogP contribution is 2.35. The van der Waals surface area contributed by atoms with Gasteiger partial charge < -0.3 is 19.9 Å². The van der Waals surface area contributed by atoms with E-state index in [0.717, 1.165) is 101 Å². The van der Waals surface area contributed by atoms with Crippen molar-refractivity contribution in [3.05, 3.63) is 130 Å². The third kappa shape index (κ3) is 11.1. The second-order valence-electron chi connectivity index (χ2n) is 20.6. The molecule has 6 heterocycles. The maximum atomic E-state index is 14.1. The van der Waals surface area contributed by atoms with Gasteiger partial charge in [-0.1, -0.05) is 53.8 Å². The molecule has 3 aliphatic heterocycles. The molecule has 0 radical (unpaired) electrons. The van der Waals surface area contributed by atoms with E-state index in [2.05, 4.69) is 71.9 Å². The van der Waals surface area contributed by atoms with Crippen LogP contribution in [0.15, 0.2) is 91.0 Å². The van der Waals surface area contributed by atoms with Crippen LogP contribution < -0.4 is 20.9 Å². The van der Waals surface area contributed by atoms with E-state index in [1.165, 1.54) is 16.9 Å². The number of fused-ring (bicyclic) bond motifs is 3. The molecule has 7 aromatic rings. The topological polar surface area (TPSA) is 184 Å². The highest BCUT2D eigenvalue weighted by Gasteiger charge is 2.32. The second-order valence-corrected chi connectivity index (χ2v) is 21.6. The highest BCUT2D eigenvalue weighted by atomic mass is 32.1. The average molecular weight is 1020 g/mol. The summed E-state index contributed by atoms with van der Waals surface area (Å²) in [6, 6.07) is 29.5. The fourth-order valence-electron chi connectivity index (χ4n) is 10.5. The molecular formula is C57H62N10O6S. The number of para-hydroxylation sites is 1. The quantitative estimate of drug-likeness (QED) is 0.0538. The minimum absolute atomic E-state index is 0.0835. The number of rotatable bonds is 14. The van der Waals surface area contributed by atoms with E-state index in [-0.39, 0.29) is 35.7 Å². The number of carbonyl (C=O) groups excluding carboxylic acids is 5. The van der Waals surface area contributed by atoms with Gasteiger partial charge in [-0.25, -0.2) is 14.8 Å². The lowest BCUT2D eigenvalue weighted by molar-refractivity contribution is -0.134. The summed E-state index contributed by atoms with van der Waals surface area (Å²) in [4.78, 5) is 81.8. The maximum absolute atomic E-state index is 14.1. The van der Waals surface area contributed by atoms with E-state index in [1.54, 1.807) is 4.68 Å². The lowest BCUT2D eigenvalue weighted by Crippen LogP contribution is -2.48. The van der Waals surface area contributed by atoms with E-state index < -0.39 is 17.5 Å². The molecule has 2 saturated heterocycles. The number of hydrogen-bond acceptors (Lipinski definition) is 13. The van der Waals surface area contributed by atoms with Crippen LogP contribution in [0.25, 0.3) is 32.2 Å². The standard InChI is InChI=1S/C57H62N10O6S/c1-35-36(12-8-9-26-65-28-30-66(31-29-65)34-50(69)58-38-19-20-42-46(32-38)64(5)63-51(42)43-22-24-49(68)61-54(43)71)13-10-15-39(35)40-21-23-48(60-52(40)55(72)73-57(2,3)4)67-27-25-37-14-11-16-41(44(37)33-67)53(70)62-56-59-45-17-6-7-18-47(45)74-56/h6-7,10-11,13-21,23,32,43H,8-9,12,22,24-31,33-34H2,1-5H3,(H,58,69)(H,59,62,70)(H,61,68,71). The van der Waals surface area contributed by atoms with Gasteiger partial charge in [0.1, 0.15) is 11.4 Å².